The summed E-state index contributed by atoms with van der Waals surface area (Å²) in [7, 11) is 0. The van der Waals surface area contributed by atoms with Crippen molar-refractivity contribution in [3.05, 3.63) is 47.6 Å². The smallest absolute Gasteiger partial charge is 0.273 e. The number of amides is 1. The fourth-order valence-electron chi connectivity index (χ4n) is 3.06. The maximum Gasteiger partial charge on any atom is 0.273 e. The van der Waals surface area contributed by atoms with E-state index in [2.05, 4.69) is 20.4 Å². The first-order valence-electron chi connectivity index (χ1n) is 8.16. The first-order chi connectivity index (χ1) is 11.3. The molecular formula is C17H20N4O2. The third-order valence-corrected chi connectivity index (χ3v) is 4.50. The highest BCUT2D eigenvalue weighted by atomic mass is 16.5. The Morgan fingerprint density at radius 1 is 1.30 bits per heavy atom. The van der Waals surface area contributed by atoms with Gasteiger partial charge in [-0.2, -0.15) is 0 Å². The van der Waals surface area contributed by atoms with Gasteiger partial charge in [0.2, 0.25) is 0 Å². The van der Waals surface area contributed by atoms with Crippen LogP contribution in [0.3, 0.4) is 0 Å². The van der Waals surface area contributed by atoms with E-state index in [0.29, 0.717) is 11.6 Å². The number of carbonyl (C=O) groups is 1. The summed E-state index contributed by atoms with van der Waals surface area (Å²) in [6.45, 7) is 2.74. The molecule has 1 amide bonds. The van der Waals surface area contributed by atoms with E-state index < -0.39 is 0 Å². The van der Waals surface area contributed by atoms with Gasteiger partial charge in [0.15, 0.2) is 5.69 Å². The summed E-state index contributed by atoms with van der Waals surface area (Å²) in [5, 5.41) is 6.97. The molecule has 2 aromatic heterocycles. The van der Waals surface area contributed by atoms with E-state index in [-0.39, 0.29) is 11.9 Å². The minimum absolute atomic E-state index is 0.128. The number of pyridine rings is 1. The summed E-state index contributed by atoms with van der Waals surface area (Å²) in [4.78, 5) is 18.6. The van der Waals surface area contributed by atoms with Gasteiger partial charge in [-0.3, -0.25) is 14.7 Å². The Balaban J connectivity index is 1.30. The van der Waals surface area contributed by atoms with Crippen LogP contribution in [-0.2, 0) is 6.54 Å². The molecule has 0 spiro atoms. The van der Waals surface area contributed by atoms with E-state index in [9.17, 15) is 4.79 Å². The van der Waals surface area contributed by atoms with Crippen LogP contribution >= 0.6 is 0 Å². The fraction of sp³-hybridized carbons (Fsp3) is 0.471. The van der Waals surface area contributed by atoms with Crippen LogP contribution in [0.1, 0.15) is 47.0 Å². The number of likely N-dealkylation sites (tertiary alicyclic amines) is 1. The molecule has 1 N–H and O–H groups in total. The fourth-order valence-corrected chi connectivity index (χ4v) is 3.06. The predicted octanol–water partition coefficient (Wildman–Crippen LogP) is 1.95. The van der Waals surface area contributed by atoms with Gasteiger partial charge in [0, 0.05) is 50.1 Å². The number of rotatable bonds is 5. The zero-order valence-corrected chi connectivity index (χ0v) is 12.9. The average Bonchev–Trinajstić information content (AvgIpc) is 3.13. The van der Waals surface area contributed by atoms with Crippen LogP contribution in [0.25, 0.3) is 0 Å². The lowest BCUT2D eigenvalue weighted by molar-refractivity contribution is 0.0928. The Morgan fingerprint density at radius 3 is 2.91 bits per heavy atom. The molecule has 6 nitrogen and oxygen atoms in total. The Hall–Kier alpha value is -2.21. The maximum atomic E-state index is 12.3. The van der Waals surface area contributed by atoms with Crippen molar-refractivity contribution in [2.24, 2.45) is 0 Å². The van der Waals surface area contributed by atoms with Gasteiger partial charge in [0.25, 0.3) is 5.91 Å². The van der Waals surface area contributed by atoms with Crippen molar-refractivity contribution in [2.45, 2.75) is 37.8 Å². The number of carbonyl (C=O) groups excluding carboxylic acids is 1. The van der Waals surface area contributed by atoms with Crippen LogP contribution in [0.5, 0.6) is 0 Å². The summed E-state index contributed by atoms with van der Waals surface area (Å²) in [6.07, 6.45) is 6.87. The van der Waals surface area contributed by atoms with Gasteiger partial charge >= 0.3 is 0 Å². The van der Waals surface area contributed by atoms with Crippen LogP contribution in [-0.4, -0.2) is 40.1 Å². The lowest BCUT2D eigenvalue weighted by atomic mass is 10.2. The molecule has 6 heteroatoms. The van der Waals surface area contributed by atoms with Crippen molar-refractivity contribution in [1.29, 1.82) is 0 Å². The number of nitrogens with zero attached hydrogens (tertiary/aromatic N) is 3. The van der Waals surface area contributed by atoms with Gasteiger partial charge in [-0.05, 0) is 37.0 Å². The summed E-state index contributed by atoms with van der Waals surface area (Å²) in [6, 6.07) is 6.02. The van der Waals surface area contributed by atoms with Gasteiger partial charge in [-0.15, -0.1) is 0 Å². The second-order valence-corrected chi connectivity index (χ2v) is 6.44. The lowest BCUT2D eigenvalue weighted by Gasteiger charge is -2.16. The SMILES string of the molecule is O=C(NC1CCN(Cc2ccncc2)C1)c1cc(C2CC2)on1. The molecule has 1 atom stereocenters. The third kappa shape index (κ3) is 3.42. The van der Waals surface area contributed by atoms with E-state index >= 15 is 0 Å². The molecule has 0 bridgehead atoms. The van der Waals surface area contributed by atoms with Crippen LogP contribution in [0.15, 0.2) is 35.1 Å². The molecule has 120 valence electrons. The lowest BCUT2D eigenvalue weighted by Crippen LogP contribution is -2.37. The third-order valence-electron chi connectivity index (χ3n) is 4.50. The van der Waals surface area contributed by atoms with Crippen molar-refractivity contribution in [1.82, 2.24) is 20.4 Å². The first kappa shape index (κ1) is 14.4. The first-order valence-corrected chi connectivity index (χ1v) is 8.16. The van der Waals surface area contributed by atoms with Crippen molar-refractivity contribution < 1.29 is 9.32 Å². The zero-order valence-electron chi connectivity index (χ0n) is 12.9. The molecule has 1 saturated heterocycles. The highest BCUT2D eigenvalue weighted by Crippen LogP contribution is 2.40. The second-order valence-electron chi connectivity index (χ2n) is 6.44. The summed E-state index contributed by atoms with van der Waals surface area (Å²) in [5.41, 5.74) is 1.65. The average molecular weight is 312 g/mol. The number of hydrogen-bond donors (Lipinski definition) is 1. The highest BCUT2D eigenvalue weighted by Gasteiger charge is 2.30. The molecule has 1 aliphatic carbocycles. The minimum Gasteiger partial charge on any atom is -0.360 e. The molecule has 23 heavy (non-hydrogen) atoms. The van der Waals surface area contributed by atoms with E-state index in [1.807, 2.05) is 24.5 Å². The van der Waals surface area contributed by atoms with E-state index in [0.717, 1.165) is 44.7 Å². The summed E-state index contributed by atoms with van der Waals surface area (Å²) < 4.78 is 5.25. The molecule has 4 rings (SSSR count). The quantitative estimate of drug-likeness (QED) is 0.913. The van der Waals surface area contributed by atoms with Gasteiger partial charge in [0.1, 0.15) is 5.76 Å². The molecule has 2 aromatic rings. The Kier molecular flexibility index (Phi) is 3.83. The Bertz CT molecular complexity index is 681. The topological polar surface area (TPSA) is 71.3 Å². The van der Waals surface area contributed by atoms with E-state index in [4.69, 9.17) is 4.52 Å². The van der Waals surface area contributed by atoms with Crippen LogP contribution in [0, 0.1) is 0 Å². The van der Waals surface area contributed by atoms with Crippen LogP contribution in [0.2, 0.25) is 0 Å². The van der Waals surface area contributed by atoms with Crippen LogP contribution < -0.4 is 5.32 Å². The van der Waals surface area contributed by atoms with E-state index in [1.54, 1.807) is 6.07 Å². The van der Waals surface area contributed by atoms with Crippen molar-refractivity contribution >= 4 is 5.91 Å². The monoisotopic (exact) mass is 312 g/mol. The van der Waals surface area contributed by atoms with Crippen molar-refractivity contribution in [3.63, 3.8) is 0 Å². The molecule has 2 fully saturated rings. The normalized spacial score (nSPS) is 21.5. The van der Waals surface area contributed by atoms with Crippen molar-refractivity contribution in [2.75, 3.05) is 13.1 Å². The molecule has 1 unspecified atom stereocenters. The number of nitrogens with one attached hydrogen (secondary N) is 1. The predicted molar refractivity (Wildman–Crippen MR) is 83.9 cm³/mol. The molecule has 1 saturated carbocycles. The standard InChI is InChI=1S/C17H20N4O2/c22-17(15-9-16(23-20-15)13-1-2-13)19-14-5-8-21(11-14)10-12-3-6-18-7-4-12/h3-4,6-7,9,13-14H,1-2,5,8,10-11H2,(H,19,22). The second kappa shape index (κ2) is 6.12. The van der Waals surface area contributed by atoms with Gasteiger partial charge < -0.3 is 9.84 Å². The van der Waals surface area contributed by atoms with Gasteiger partial charge in [-0.1, -0.05) is 5.16 Å². The molecule has 2 aliphatic rings. The molecule has 0 radical (unpaired) electrons. The van der Waals surface area contributed by atoms with E-state index in [1.165, 1.54) is 5.56 Å². The zero-order chi connectivity index (χ0) is 15.6. The highest BCUT2D eigenvalue weighted by molar-refractivity contribution is 5.92. The maximum absolute atomic E-state index is 12.3. The Morgan fingerprint density at radius 2 is 2.13 bits per heavy atom. The van der Waals surface area contributed by atoms with Crippen LogP contribution in [0.4, 0.5) is 0 Å². The molecule has 0 aromatic carbocycles. The molecule has 3 heterocycles. The number of aromatic nitrogens is 2. The molecule has 1 aliphatic heterocycles. The van der Waals surface area contributed by atoms with Gasteiger partial charge in [0.05, 0.1) is 0 Å². The summed E-state index contributed by atoms with van der Waals surface area (Å²) >= 11 is 0. The van der Waals surface area contributed by atoms with Crippen molar-refractivity contribution in [3.8, 4) is 0 Å². The molecular weight excluding hydrogens is 292 g/mol. The Labute approximate surface area is 134 Å². The number of hydrogen-bond acceptors (Lipinski definition) is 5. The van der Waals surface area contributed by atoms with Gasteiger partial charge in [-0.25, -0.2) is 0 Å². The summed E-state index contributed by atoms with van der Waals surface area (Å²) in [5.74, 6) is 1.20. The minimum atomic E-state index is -0.128. The largest absolute Gasteiger partial charge is 0.360 e.